The molecule has 0 bridgehead atoms. The quantitative estimate of drug-likeness (QED) is 0.211. The molecule has 0 unspecified atom stereocenters. The minimum Gasteiger partial charge on any atom is -0.455 e. The summed E-state index contributed by atoms with van der Waals surface area (Å²) >= 11 is 0. The van der Waals surface area contributed by atoms with Gasteiger partial charge in [-0.25, -0.2) is 0 Å². The van der Waals surface area contributed by atoms with Crippen molar-refractivity contribution >= 4 is 56.5 Å². The summed E-state index contributed by atoms with van der Waals surface area (Å²) in [4.78, 5) is 0. The Bertz CT molecular complexity index is 2100. The third-order valence-corrected chi connectivity index (χ3v) is 8.98. The highest BCUT2D eigenvalue weighted by molar-refractivity contribution is 6.66. The summed E-state index contributed by atoms with van der Waals surface area (Å²) in [6, 6.07) is 35.6. The van der Waals surface area contributed by atoms with Crippen LogP contribution in [0.15, 0.2) is 112 Å². The van der Waals surface area contributed by atoms with Crippen molar-refractivity contribution in [1.82, 2.24) is 0 Å². The molecule has 0 saturated carbocycles. The highest BCUT2D eigenvalue weighted by Gasteiger charge is 2.52. The Hall–Kier alpha value is -4.32. The molecule has 5 aromatic carbocycles. The van der Waals surface area contributed by atoms with Crippen molar-refractivity contribution in [2.24, 2.45) is 0 Å². The summed E-state index contributed by atoms with van der Waals surface area (Å²) in [5, 5.41) is 4.36. The molecule has 5 heteroatoms. The molecule has 1 aliphatic heterocycles. The van der Waals surface area contributed by atoms with Crippen LogP contribution in [0.4, 0.5) is 0 Å². The molecule has 41 heavy (non-hydrogen) atoms. The second-order valence-electron chi connectivity index (χ2n) is 12.0. The van der Waals surface area contributed by atoms with Gasteiger partial charge >= 0.3 is 7.12 Å². The zero-order chi connectivity index (χ0) is 27.9. The fourth-order valence-corrected chi connectivity index (χ4v) is 6.05. The molecule has 4 nitrogen and oxygen atoms in total. The SMILES string of the molecule is CC1(C)OB(c2ccc(-c3ccc(-c4cccc5c4oc4ccccc45)cc3)c3oc4ccccc4c23)OC1(C)C. The van der Waals surface area contributed by atoms with Crippen LogP contribution in [-0.4, -0.2) is 18.3 Å². The van der Waals surface area contributed by atoms with Crippen LogP contribution in [0, 0.1) is 0 Å². The minimum atomic E-state index is -0.482. The van der Waals surface area contributed by atoms with Crippen LogP contribution in [0.3, 0.4) is 0 Å². The van der Waals surface area contributed by atoms with Gasteiger partial charge in [0.25, 0.3) is 0 Å². The molecule has 0 radical (unpaired) electrons. The monoisotopic (exact) mass is 536 g/mol. The first-order valence-electron chi connectivity index (χ1n) is 14.1. The number of benzene rings is 5. The third-order valence-electron chi connectivity index (χ3n) is 8.98. The van der Waals surface area contributed by atoms with Gasteiger partial charge in [-0.3, -0.25) is 0 Å². The van der Waals surface area contributed by atoms with E-state index in [0.29, 0.717) is 0 Å². The van der Waals surface area contributed by atoms with Gasteiger partial charge in [0, 0.05) is 32.7 Å². The lowest BCUT2D eigenvalue weighted by Gasteiger charge is -2.32. The van der Waals surface area contributed by atoms with E-state index in [1.54, 1.807) is 0 Å². The predicted molar refractivity (Wildman–Crippen MR) is 168 cm³/mol. The van der Waals surface area contributed by atoms with Crippen molar-refractivity contribution in [3.8, 4) is 22.3 Å². The molecule has 3 heterocycles. The Morgan fingerprint density at radius 2 is 1.02 bits per heavy atom. The molecule has 1 aliphatic rings. The van der Waals surface area contributed by atoms with Crippen LogP contribution in [-0.2, 0) is 9.31 Å². The highest BCUT2D eigenvalue weighted by atomic mass is 16.7. The van der Waals surface area contributed by atoms with Crippen LogP contribution in [0.2, 0.25) is 0 Å². The second-order valence-corrected chi connectivity index (χ2v) is 12.0. The Morgan fingerprint density at radius 3 is 1.71 bits per heavy atom. The van der Waals surface area contributed by atoms with Crippen LogP contribution in [0.5, 0.6) is 0 Å². The predicted octanol–water partition coefficient (Wildman–Crippen LogP) is 9.12. The lowest BCUT2D eigenvalue weighted by atomic mass is 9.75. The maximum Gasteiger partial charge on any atom is 0.495 e. The standard InChI is InChI=1S/C36H29BO4/c1-35(2)36(3,4)41-37(40-35)29-21-20-25(34-32(29)28-11-6-8-15-31(28)39-34)23-18-16-22(17-19-23)24-12-9-13-27-26-10-5-7-14-30(26)38-33(24)27/h5-21H,1-4H3. The topological polar surface area (TPSA) is 44.7 Å². The van der Waals surface area contributed by atoms with Crippen molar-refractivity contribution in [2.45, 2.75) is 38.9 Å². The van der Waals surface area contributed by atoms with Gasteiger partial charge in [-0.15, -0.1) is 0 Å². The molecular weight excluding hydrogens is 507 g/mol. The molecule has 0 N–H and O–H groups in total. The van der Waals surface area contributed by atoms with Gasteiger partial charge in [-0.2, -0.15) is 0 Å². The van der Waals surface area contributed by atoms with Crippen molar-refractivity contribution in [3.63, 3.8) is 0 Å². The number of fused-ring (bicyclic) bond motifs is 6. The van der Waals surface area contributed by atoms with E-state index in [0.717, 1.165) is 71.6 Å². The van der Waals surface area contributed by atoms with Gasteiger partial charge in [0.1, 0.15) is 22.3 Å². The summed E-state index contributed by atoms with van der Waals surface area (Å²) in [5.41, 5.74) is 7.92. The first-order valence-corrected chi connectivity index (χ1v) is 14.1. The lowest BCUT2D eigenvalue weighted by Crippen LogP contribution is -2.41. The molecule has 200 valence electrons. The number of para-hydroxylation sites is 3. The van der Waals surface area contributed by atoms with E-state index in [2.05, 4.69) is 100 Å². The van der Waals surface area contributed by atoms with Crippen molar-refractivity contribution in [2.75, 3.05) is 0 Å². The third kappa shape index (κ3) is 3.63. The minimum absolute atomic E-state index is 0.430. The van der Waals surface area contributed by atoms with E-state index in [9.17, 15) is 0 Å². The van der Waals surface area contributed by atoms with Crippen molar-refractivity contribution in [1.29, 1.82) is 0 Å². The Labute approximate surface area is 238 Å². The molecule has 1 saturated heterocycles. The second kappa shape index (κ2) is 8.59. The molecule has 0 amide bonds. The van der Waals surface area contributed by atoms with E-state index >= 15 is 0 Å². The molecule has 0 atom stereocenters. The summed E-state index contributed by atoms with van der Waals surface area (Å²) in [7, 11) is -0.482. The van der Waals surface area contributed by atoms with Gasteiger partial charge in [0.15, 0.2) is 0 Å². The summed E-state index contributed by atoms with van der Waals surface area (Å²) in [6.07, 6.45) is 0. The Balaban J connectivity index is 1.26. The van der Waals surface area contributed by atoms with Gasteiger partial charge < -0.3 is 18.1 Å². The van der Waals surface area contributed by atoms with E-state index in [1.807, 2.05) is 30.3 Å². The first-order chi connectivity index (χ1) is 19.8. The maximum absolute atomic E-state index is 6.52. The van der Waals surface area contributed by atoms with Gasteiger partial charge in [-0.1, -0.05) is 91.0 Å². The molecule has 0 aliphatic carbocycles. The van der Waals surface area contributed by atoms with Gasteiger partial charge in [0.05, 0.1) is 11.2 Å². The average molecular weight is 536 g/mol. The molecule has 0 spiro atoms. The van der Waals surface area contributed by atoms with Crippen LogP contribution in [0.25, 0.3) is 66.1 Å². The van der Waals surface area contributed by atoms with Crippen LogP contribution < -0.4 is 5.46 Å². The lowest BCUT2D eigenvalue weighted by molar-refractivity contribution is 0.00578. The van der Waals surface area contributed by atoms with Crippen LogP contribution in [0.1, 0.15) is 27.7 Å². The molecular formula is C36H29BO4. The number of rotatable bonds is 3. The largest absolute Gasteiger partial charge is 0.495 e. The van der Waals surface area contributed by atoms with E-state index in [1.165, 1.54) is 0 Å². The normalized spacial score (nSPS) is 16.4. The molecule has 8 rings (SSSR count). The number of furan rings is 2. The van der Waals surface area contributed by atoms with E-state index in [-0.39, 0.29) is 0 Å². The summed E-state index contributed by atoms with van der Waals surface area (Å²) < 4.78 is 25.8. The number of hydrogen-bond acceptors (Lipinski definition) is 4. The summed E-state index contributed by atoms with van der Waals surface area (Å²) in [5.74, 6) is 0. The Morgan fingerprint density at radius 1 is 0.488 bits per heavy atom. The maximum atomic E-state index is 6.52. The average Bonchev–Trinajstić information content (AvgIpc) is 3.61. The summed E-state index contributed by atoms with van der Waals surface area (Å²) in [6.45, 7) is 8.33. The van der Waals surface area contributed by atoms with E-state index < -0.39 is 18.3 Å². The van der Waals surface area contributed by atoms with Gasteiger partial charge in [0.2, 0.25) is 0 Å². The van der Waals surface area contributed by atoms with Crippen molar-refractivity contribution < 1.29 is 18.1 Å². The fraction of sp³-hybridized carbons (Fsp3) is 0.167. The highest BCUT2D eigenvalue weighted by Crippen LogP contribution is 2.41. The zero-order valence-corrected chi connectivity index (χ0v) is 23.5. The van der Waals surface area contributed by atoms with Crippen molar-refractivity contribution in [3.05, 3.63) is 103 Å². The number of hydrogen-bond donors (Lipinski definition) is 0. The zero-order valence-electron chi connectivity index (χ0n) is 23.5. The van der Waals surface area contributed by atoms with Crippen LogP contribution >= 0.6 is 0 Å². The first kappa shape index (κ1) is 24.5. The fourth-order valence-electron chi connectivity index (χ4n) is 6.05. The molecule has 2 aromatic heterocycles. The van der Waals surface area contributed by atoms with Gasteiger partial charge in [-0.05, 0) is 56.4 Å². The Kier molecular flexibility index (Phi) is 5.13. The molecule has 1 fully saturated rings. The molecule has 7 aromatic rings. The smallest absolute Gasteiger partial charge is 0.455 e. The van der Waals surface area contributed by atoms with E-state index in [4.69, 9.17) is 18.1 Å².